The van der Waals surface area contributed by atoms with Crippen LogP contribution >= 0.6 is 0 Å². The molecule has 0 rings (SSSR count). The number of hydrogen-bond donors (Lipinski definition) is 4. The lowest BCUT2D eigenvalue weighted by molar-refractivity contribution is -0.134. The van der Waals surface area contributed by atoms with Crippen molar-refractivity contribution in [2.24, 2.45) is 5.92 Å². The Bertz CT molecular complexity index is 127. The average molecular weight is 224 g/mol. The van der Waals surface area contributed by atoms with Gasteiger partial charge in [0.1, 0.15) is 0 Å². The fourth-order valence-corrected chi connectivity index (χ4v) is 0.585. The minimum absolute atomic E-state index is 0.237. The second kappa shape index (κ2) is 18.6. The molecule has 0 aliphatic carbocycles. The van der Waals surface area contributed by atoms with Crippen molar-refractivity contribution in [3.05, 3.63) is 0 Å². The number of carbonyl (C=O) groups is 2. The Balaban J connectivity index is -0.000000173. The van der Waals surface area contributed by atoms with Crippen LogP contribution in [0.1, 0.15) is 26.7 Å². The lowest BCUT2D eigenvalue weighted by atomic mass is 10.1. The third-order valence-corrected chi connectivity index (χ3v) is 1.24. The van der Waals surface area contributed by atoms with E-state index in [0.717, 1.165) is 19.8 Å². The van der Waals surface area contributed by atoms with Gasteiger partial charge in [0.25, 0.3) is 12.4 Å². The van der Waals surface area contributed by atoms with Crippen molar-refractivity contribution in [2.75, 3.05) is 13.2 Å². The normalized spacial score (nSPS) is 8.07. The predicted octanol–water partition coefficient (Wildman–Crippen LogP) is 0.179. The molecule has 15 heavy (non-hydrogen) atoms. The summed E-state index contributed by atoms with van der Waals surface area (Å²) in [5.41, 5.74) is 0. The van der Waals surface area contributed by atoms with Gasteiger partial charge in [0, 0.05) is 20.1 Å². The number of carboxylic acid groups (broad SMARTS) is 2. The number of hydrogen-bond acceptors (Lipinski definition) is 4. The zero-order valence-electron chi connectivity index (χ0n) is 9.09. The molecule has 0 fully saturated rings. The minimum Gasteiger partial charge on any atom is -0.483 e. The van der Waals surface area contributed by atoms with Gasteiger partial charge in [-0.1, -0.05) is 6.92 Å². The van der Waals surface area contributed by atoms with E-state index in [9.17, 15) is 0 Å². The number of aliphatic carboxylic acids is 1. The van der Waals surface area contributed by atoms with Crippen LogP contribution in [0, 0.1) is 5.92 Å². The molecule has 0 aliphatic rings. The van der Waals surface area contributed by atoms with Crippen molar-refractivity contribution in [1.29, 1.82) is 0 Å². The Morgan fingerprint density at radius 2 is 1.47 bits per heavy atom. The van der Waals surface area contributed by atoms with Crippen LogP contribution in [0.4, 0.5) is 0 Å². The lowest BCUT2D eigenvalue weighted by Crippen LogP contribution is -1.99. The highest BCUT2D eigenvalue weighted by atomic mass is 16.4. The topological polar surface area (TPSA) is 115 Å². The fraction of sp³-hybridized carbons (Fsp3) is 0.778. The first-order chi connectivity index (χ1) is 6.95. The summed E-state index contributed by atoms with van der Waals surface area (Å²) in [5, 5.41) is 31.1. The zero-order valence-corrected chi connectivity index (χ0v) is 9.09. The molecule has 0 amide bonds. The van der Waals surface area contributed by atoms with Gasteiger partial charge in [-0.25, -0.2) is 0 Å². The molecule has 0 aliphatic heterocycles. The Hall–Kier alpha value is -1.14. The van der Waals surface area contributed by atoms with Gasteiger partial charge in [-0.05, 0) is 18.8 Å². The van der Waals surface area contributed by atoms with E-state index in [-0.39, 0.29) is 19.7 Å². The number of carboxylic acids is 1. The van der Waals surface area contributed by atoms with E-state index < -0.39 is 5.97 Å². The molecule has 0 aromatic carbocycles. The van der Waals surface area contributed by atoms with Crippen LogP contribution in [0.3, 0.4) is 0 Å². The van der Waals surface area contributed by atoms with Crippen molar-refractivity contribution in [3.8, 4) is 0 Å². The maximum Gasteiger partial charge on any atom is 0.300 e. The Labute approximate surface area is 89.2 Å². The molecule has 0 radical (unpaired) electrons. The summed E-state index contributed by atoms with van der Waals surface area (Å²) >= 11 is 0. The molecular weight excluding hydrogens is 204 g/mol. The molecule has 92 valence electrons. The van der Waals surface area contributed by atoms with Crippen LogP contribution in [0.15, 0.2) is 0 Å². The van der Waals surface area contributed by atoms with Gasteiger partial charge in [0.15, 0.2) is 0 Å². The first-order valence-corrected chi connectivity index (χ1v) is 4.45. The summed E-state index contributed by atoms with van der Waals surface area (Å²) < 4.78 is 0. The zero-order chi connectivity index (χ0) is 12.7. The van der Waals surface area contributed by atoms with Gasteiger partial charge in [-0.2, -0.15) is 0 Å². The van der Waals surface area contributed by atoms with E-state index in [0.29, 0.717) is 5.92 Å². The van der Waals surface area contributed by atoms with Crippen molar-refractivity contribution < 1.29 is 30.0 Å². The molecule has 0 saturated carbocycles. The van der Waals surface area contributed by atoms with Crippen LogP contribution in [-0.4, -0.2) is 46.1 Å². The third-order valence-electron chi connectivity index (χ3n) is 1.24. The first kappa shape index (κ1) is 19.4. The molecule has 0 heterocycles. The molecule has 6 nitrogen and oxygen atoms in total. The van der Waals surface area contributed by atoms with Gasteiger partial charge in [-0.15, -0.1) is 0 Å². The summed E-state index contributed by atoms with van der Waals surface area (Å²) in [6.07, 6.45) is 1.61. The Kier molecular flexibility index (Phi) is 24.1. The van der Waals surface area contributed by atoms with Gasteiger partial charge in [0.05, 0.1) is 0 Å². The van der Waals surface area contributed by atoms with Crippen LogP contribution in [0.2, 0.25) is 0 Å². The van der Waals surface area contributed by atoms with E-state index in [1.165, 1.54) is 0 Å². The third kappa shape index (κ3) is 64.2. The summed E-state index contributed by atoms with van der Waals surface area (Å²) in [7, 11) is 0. The Morgan fingerprint density at radius 1 is 1.27 bits per heavy atom. The van der Waals surface area contributed by atoms with Crippen molar-refractivity contribution in [1.82, 2.24) is 0 Å². The minimum atomic E-state index is -0.833. The molecule has 0 bridgehead atoms. The van der Waals surface area contributed by atoms with Crippen LogP contribution in [0.25, 0.3) is 0 Å². The standard InChI is InChI=1S/C6H14O2.C2H4O2.CH2O2/c1-6(2-4-7)3-5-8;1-2(3)4;2-1-3/h6-8H,2-5H2,1H3;1H3,(H,3,4);1H,(H,2,3). The molecule has 0 aromatic heterocycles. The largest absolute Gasteiger partial charge is 0.483 e. The summed E-state index contributed by atoms with van der Waals surface area (Å²) in [6.45, 7) is 3.33. The number of aliphatic hydroxyl groups excluding tert-OH is 2. The van der Waals surface area contributed by atoms with E-state index in [1.54, 1.807) is 0 Å². The first-order valence-electron chi connectivity index (χ1n) is 4.45. The molecular formula is C9H20O6. The number of aliphatic hydroxyl groups is 2. The maximum absolute atomic E-state index is 9.00. The molecule has 0 spiro atoms. The second-order valence-electron chi connectivity index (χ2n) is 2.75. The lowest BCUT2D eigenvalue weighted by Gasteiger charge is -2.04. The maximum atomic E-state index is 9.00. The van der Waals surface area contributed by atoms with Crippen LogP contribution < -0.4 is 0 Å². The Morgan fingerprint density at radius 3 is 1.60 bits per heavy atom. The van der Waals surface area contributed by atoms with Crippen molar-refractivity contribution in [3.63, 3.8) is 0 Å². The van der Waals surface area contributed by atoms with E-state index in [4.69, 9.17) is 30.0 Å². The van der Waals surface area contributed by atoms with Crippen LogP contribution in [0.5, 0.6) is 0 Å². The predicted molar refractivity (Wildman–Crippen MR) is 54.6 cm³/mol. The van der Waals surface area contributed by atoms with E-state index >= 15 is 0 Å². The molecule has 6 heteroatoms. The van der Waals surface area contributed by atoms with Gasteiger partial charge in [0.2, 0.25) is 0 Å². The molecule has 0 atom stereocenters. The highest BCUT2D eigenvalue weighted by Crippen LogP contribution is 2.03. The molecule has 0 saturated heterocycles. The summed E-state index contributed by atoms with van der Waals surface area (Å²) in [4.78, 5) is 17.4. The smallest absolute Gasteiger partial charge is 0.300 e. The average Bonchev–Trinajstić information content (AvgIpc) is 2.05. The van der Waals surface area contributed by atoms with Gasteiger partial charge < -0.3 is 20.4 Å². The molecule has 4 N–H and O–H groups in total. The molecule has 0 unspecified atom stereocenters. The van der Waals surface area contributed by atoms with Crippen LogP contribution in [-0.2, 0) is 9.59 Å². The highest BCUT2D eigenvalue weighted by molar-refractivity contribution is 5.62. The SMILES string of the molecule is CC(=O)O.CC(CCO)CCO.O=CO. The second-order valence-corrected chi connectivity index (χ2v) is 2.75. The summed E-state index contributed by atoms with van der Waals surface area (Å²) in [5.74, 6) is -0.370. The fourth-order valence-electron chi connectivity index (χ4n) is 0.585. The highest BCUT2D eigenvalue weighted by Gasteiger charge is 1.97. The summed E-state index contributed by atoms with van der Waals surface area (Å²) in [6, 6.07) is 0. The van der Waals surface area contributed by atoms with Gasteiger partial charge in [-0.3, -0.25) is 9.59 Å². The van der Waals surface area contributed by atoms with Gasteiger partial charge >= 0.3 is 0 Å². The van der Waals surface area contributed by atoms with Crippen molar-refractivity contribution >= 4 is 12.4 Å². The number of rotatable bonds is 4. The van der Waals surface area contributed by atoms with Crippen molar-refractivity contribution in [2.45, 2.75) is 26.7 Å². The van der Waals surface area contributed by atoms with E-state index in [1.807, 2.05) is 6.92 Å². The monoisotopic (exact) mass is 224 g/mol. The quantitative estimate of drug-likeness (QED) is 0.506. The molecule has 0 aromatic rings. The van der Waals surface area contributed by atoms with E-state index in [2.05, 4.69) is 0 Å².